The summed E-state index contributed by atoms with van der Waals surface area (Å²) in [6.07, 6.45) is 0. The average Bonchev–Trinajstić information content (AvgIpc) is 2.36. The largest absolute Gasteiger partial charge is 0.320 e. The van der Waals surface area contributed by atoms with Gasteiger partial charge in [0.25, 0.3) is 0 Å². The predicted molar refractivity (Wildman–Crippen MR) is 67.4 cm³/mol. The number of anilines is 1. The number of carbonyl (C=O) groups is 1. The molecule has 0 aromatic heterocycles. The van der Waals surface area contributed by atoms with Gasteiger partial charge < -0.3 is 10.6 Å². The summed E-state index contributed by atoms with van der Waals surface area (Å²) in [4.78, 5) is 13.5. The minimum Gasteiger partial charge on any atom is -0.320 e. The molecular formula is C13H17N3O. The van der Waals surface area contributed by atoms with Gasteiger partial charge in [0, 0.05) is 12.7 Å². The molecule has 0 fully saturated rings. The van der Waals surface area contributed by atoms with E-state index in [9.17, 15) is 4.79 Å². The van der Waals surface area contributed by atoms with E-state index in [-0.39, 0.29) is 11.8 Å². The second-order valence-corrected chi connectivity index (χ2v) is 4.33. The fourth-order valence-electron chi connectivity index (χ4n) is 1.42. The van der Waals surface area contributed by atoms with Gasteiger partial charge in [0.2, 0.25) is 5.91 Å². The van der Waals surface area contributed by atoms with Gasteiger partial charge in [-0.25, -0.2) is 0 Å². The first-order chi connectivity index (χ1) is 7.97. The smallest absolute Gasteiger partial charge is 0.243 e. The van der Waals surface area contributed by atoms with Gasteiger partial charge in [-0.2, -0.15) is 5.26 Å². The molecular weight excluding hydrogens is 214 g/mol. The fourth-order valence-corrected chi connectivity index (χ4v) is 1.42. The molecule has 0 aliphatic rings. The van der Waals surface area contributed by atoms with Gasteiger partial charge in [0.1, 0.15) is 0 Å². The van der Waals surface area contributed by atoms with Crippen molar-refractivity contribution < 1.29 is 4.79 Å². The zero-order valence-electron chi connectivity index (χ0n) is 10.3. The number of hydrogen-bond acceptors (Lipinski definition) is 3. The van der Waals surface area contributed by atoms with Crippen LogP contribution in [0.2, 0.25) is 0 Å². The third-order valence-corrected chi connectivity index (χ3v) is 2.70. The van der Waals surface area contributed by atoms with Crippen LogP contribution in [0.25, 0.3) is 0 Å². The molecule has 0 unspecified atom stereocenters. The lowest BCUT2D eigenvalue weighted by Crippen LogP contribution is -2.45. The highest BCUT2D eigenvalue weighted by atomic mass is 16.2. The van der Waals surface area contributed by atoms with Crippen LogP contribution in [0, 0.1) is 17.2 Å². The third kappa shape index (κ3) is 3.05. The van der Waals surface area contributed by atoms with E-state index in [1.165, 1.54) is 4.90 Å². The van der Waals surface area contributed by atoms with E-state index in [2.05, 4.69) is 0 Å². The van der Waals surface area contributed by atoms with Crippen molar-refractivity contribution in [2.24, 2.45) is 11.7 Å². The van der Waals surface area contributed by atoms with E-state index < -0.39 is 6.04 Å². The molecule has 1 aromatic rings. The number of rotatable bonds is 3. The Morgan fingerprint density at radius 3 is 2.65 bits per heavy atom. The second kappa shape index (κ2) is 5.46. The number of nitrogens with zero attached hydrogens (tertiary/aromatic N) is 2. The maximum Gasteiger partial charge on any atom is 0.243 e. The molecule has 0 aliphatic carbocycles. The van der Waals surface area contributed by atoms with Crippen molar-refractivity contribution in [2.45, 2.75) is 19.9 Å². The zero-order chi connectivity index (χ0) is 13.0. The minimum atomic E-state index is -0.522. The highest BCUT2D eigenvalue weighted by Gasteiger charge is 2.21. The van der Waals surface area contributed by atoms with Gasteiger partial charge in [-0.05, 0) is 24.1 Å². The lowest BCUT2D eigenvalue weighted by atomic mass is 10.0. The Hall–Kier alpha value is -1.86. The van der Waals surface area contributed by atoms with Gasteiger partial charge in [0.05, 0.1) is 17.7 Å². The van der Waals surface area contributed by atoms with Gasteiger partial charge in [-0.1, -0.05) is 19.9 Å². The Balaban J connectivity index is 2.93. The molecule has 2 N–H and O–H groups in total. The van der Waals surface area contributed by atoms with E-state index in [0.717, 1.165) is 0 Å². The van der Waals surface area contributed by atoms with Crippen LogP contribution in [0.1, 0.15) is 19.4 Å². The molecule has 1 amide bonds. The van der Waals surface area contributed by atoms with Gasteiger partial charge >= 0.3 is 0 Å². The Bertz CT molecular complexity index is 448. The minimum absolute atomic E-state index is 0.0871. The highest BCUT2D eigenvalue weighted by Crippen LogP contribution is 2.16. The summed E-state index contributed by atoms with van der Waals surface area (Å²) in [7, 11) is 1.67. The van der Waals surface area contributed by atoms with Crippen LogP contribution >= 0.6 is 0 Å². The number of benzene rings is 1. The van der Waals surface area contributed by atoms with Gasteiger partial charge in [-0.15, -0.1) is 0 Å². The van der Waals surface area contributed by atoms with Crippen molar-refractivity contribution in [3.63, 3.8) is 0 Å². The van der Waals surface area contributed by atoms with Gasteiger partial charge in [-0.3, -0.25) is 4.79 Å². The van der Waals surface area contributed by atoms with Crippen molar-refractivity contribution in [3.05, 3.63) is 29.8 Å². The Labute approximate surface area is 102 Å². The summed E-state index contributed by atoms with van der Waals surface area (Å²) < 4.78 is 0. The third-order valence-electron chi connectivity index (χ3n) is 2.70. The standard InChI is InChI=1S/C13H17N3O/c1-9(2)12(15)13(17)16(3)11-6-4-5-10(7-11)8-14/h4-7,9,12H,15H2,1-3H3/t12-/m1/s1. The van der Waals surface area contributed by atoms with Crippen LogP contribution in [0.5, 0.6) is 0 Å². The van der Waals surface area contributed by atoms with Crippen LogP contribution in [-0.2, 0) is 4.79 Å². The van der Waals surface area contributed by atoms with E-state index >= 15 is 0 Å². The predicted octanol–water partition coefficient (Wildman–Crippen LogP) is 1.50. The molecule has 90 valence electrons. The maximum absolute atomic E-state index is 12.0. The average molecular weight is 231 g/mol. The Morgan fingerprint density at radius 2 is 2.12 bits per heavy atom. The monoisotopic (exact) mass is 231 g/mol. The number of nitrogens with two attached hydrogens (primary N) is 1. The summed E-state index contributed by atoms with van der Waals surface area (Å²) in [5, 5.41) is 8.80. The van der Waals surface area contributed by atoms with E-state index in [1.807, 2.05) is 19.9 Å². The Kier molecular flexibility index (Phi) is 4.24. The van der Waals surface area contributed by atoms with E-state index in [1.54, 1.807) is 31.3 Å². The van der Waals surface area contributed by atoms with Crippen LogP contribution in [-0.4, -0.2) is 19.0 Å². The van der Waals surface area contributed by atoms with Crippen molar-refractivity contribution in [1.29, 1.82) is 5.26 Å². The first kappa shape index (κ1) is 13.2. The lowest BCUT2D eigenvalue weighted by Gasteiger charge is -2.23. The van der Waals surface area contributed by atoms with Crippen molar-refractivity contribution in [3.8, 4) is 6.07 Å². The molecule has 1 aromatic carbocycles. The van der Waals surface area contributed by atoms with Crippen molar-refractivity contribution >= 4 is 11.6 Å². The van der Waals surface area contributed by atoms with Crippen LogP contribution in [0.15, 0.2) is 24.3 Å². The van der Waals surface area contributed by atoms with E-state index in [4.69, 9.17) is 11.0 Å². The highest BCUT2D eigenvalue weighted by molar-refractivity contribution is 5.96. The molecule has 4 heteroatoms. The number of nitriles is 1. The molecule has 0 saturated heterocycles. The number of hydrogen-bond donors (Lipinski definition) is 1. The first-order valence-corrected chi connectivity index (χ1v) is 5.50. The molecule has 0 bridgehead atoms. The molecule has 0 spiro atoms. The second-order valence-electron chi connectivity index (χ2n) is 4.33. The first-order valence-electron chi connectivity index (χ1n) is 5.50. The molecule has 0 radical (unpaired) electrons. The molecule has 0 heterocycles. The summed E-state index contributed by atoms with van der Waals surface area (Å²) in [6, 6.07) is 8.42. The topological polar surface area (TPSA) is 70.1 Å². The molecule has 4 nitrogen and oxygen atoms in total. The number of carbonyl (C=O) groups excluding carboxylic acids is 1. The van der Waals surface area contributed by atoms with Crippen LogP contribution < -0.4 is 10.6 Å². The van der Waals surface area contributed by atoms with Crippen molar-refractivity contribution in [2.75, 3.05) is 11.9 Å². The van der Waals surface area contributed by atoms with Crippen LogP contribution in [0.4, 0.5) is 5.69 Å². The molecule has 0 saturated carbocycles. The maximum atomic E-state index is 12.0. The lowest BCUT2D eigenvalue weighted by molar-refractivity contribution is -0.120. The summed E-state index contributed by atoms with van der Waals surface area (Å²) in [5.41, 5.74) is 7.03. The summed E-state index contributed by atoms with van der Waals surface area (Å²) in [6.45, 7) is 3.81. The Morgan fingerprint density at radius 1 is 1.47 bits per heavy atom. The molecule has 0 aliphatic heterocycles. The van der Waals surface area contributed by atoms with Gasteiger partial charge in [0.15, 0.2) is 0 Å². The zero-order valence-corrected chi connectivity index (χ0v) is 10.3. The summed E-state index contributed by atoms with van der Waals surface area (Å²) in [5.74, 6) is -0.0563. The van der Waals surface area contributed by atoms with E-state index in [0.29, 0.717) is 11.3 Å². The quantitative estimate of drug-likeness (QED) is 0.857. The number of amides is 1. The van der Waals surface area contributed by atoms with Crippen LogP contribution in [0.3, 0.4) is 0 Å². The molecule has 1 rings (SSSR count). The SMILES string of the molecule is CC(C)[C@@H](N)C(=O)N(C)c1cccc(C#N)c1. The normalized spacial score (nSPS) is 12.0. The molecule has 17 heavy (non-hydrogen) atoms. The fraction of sp³-hybridized carbons (Fsp3) is 0.385. The van der Waals surface area contributed by atoms with Crippen molar-refractivity contribution in [1.82, 2.24) is 0 Å². The molecule has 1 atom stereocenters. The number of likely N-dealkylation sites (N-methyl/N-ethyl adjacent to an activating group) is 1. The summed E-state index contributed by atoms with van der Waals surface area (Å²) >= 11 is 0.